The lowest BCUT2D eigenvalue weighted by atomic mass is 10.2. The van der Waals surface area contributed by atoms with E-state index in [2.05, 4.69) is 13.0 Å². The Kier molecular flexibility index (Phi) is 4.33. The van der Waals surface area contributed by atoms with E-state index in [1.807, 2.05) is 18.2 Å². The Bertz CT molecular complexity index is 228. The highest BCUT2D eigenvalue weighted by molar-refractivity contribution is 5.25. The molecule has 0 aliphatic rings. The zero-order valence-electron chi connectivity index (χ0n) is 8.17. The molecule has 0 unspecified atom stereocenters. The van der Waals surface area contributed by atoms with Crippen LogP contribution in [0.5, 0.6) is 5.75 Å². The highest BCUT2D eigenvalue weighted by Gasteiger charge is 1.93. The molecular weight excluding hydrogens is 164 g/mol. The lowest BCUT2D eigenvalue weighted by molar-refractivity contribution is 0.146. The Labute approximate surface area is 79.5 Å². The lowest BCUT2D eigenvalue weighted by Crippen LogP contribution is -2.04. The van der Waals surface area contributed by atoms with E-state index in [1.54, 1.807) is 7.11 Å². The van der Waals surface area contributed by atoms with Crippen LogP contribution in [0, 0.1) is 6.07 Å². The molecule has 0 aliphatic heterocycles. The first kappa shape index (κ1) is 10.1. The Hall–Kier alpha value is -1.02. The summed E-state index contributed by atoms with van der Waals surface area (Å²) in [6, 6.07) is 9.01. The van der Waals surface area contributed by atoms with E-state index in [0.29, 0.717) is 13.2 Å². The molecule has 0 saturated heterocycles. The highest BCUT2D eigenvalue weighted by Crippen LogP contribution is 2.11. The van der Waals surface area contributed by atoms with Crippen molar-refractivity contribution in [3.8, 4) is 5.75 Å². The Morgan fingerprint density at radius 3 is 2.69 bits per heavy atom. The van der Waals surface area contributed by atoms with Gasteiger partial charge in [0.1, 0.15) is 12.4 Å². The minimum atomic E-state index is 0.593. The molecule has 1 aromatic rings. The molecule has 0 amide bonds. The molecule has 1 radical (unpaired) electrons. The van der Waals surface area contributed by atoms with Gasteiger partial charge in [-0.25, -0.2) is 0 Å². The third-order valence-corrected chi connectivity index (χ3v) is 1.79. The first-order valence-electron chi connectivity index (χ1n) is 4.49. The van der Waals surface area contributed by atoms with Gasteiger partial charge in [0, 0.05) is 7.11 Å². The topological polar surface area (TPSA) is 18.5 Å². The van der Waals surface area contributed by atoms with Crippen molar-refractivity contribution < 1.29 is 9.47 Å². The van der Waals surface area contributed by atoms with Gasteiger partial charge in [0.2, 0.25) is 0 Å². The van der Waals surface area contributed by atoms with Crippen LogP contribution in [-0.2, 0) is 11.2 Å². The molecular formula is C11H15O2. The summed E-state index contributed by atoms with van der Waals surface area (Å²) >= 11 is 0. The van der Waals surface area contributed by atoms with Gasteiger partial charge in [0.25, 0.3) is 0 Å². The highest BCUT2D eigenvalue weighted by atomic mass is 16.5. The third kappa shape index (κ3) is 3.47. The predicted octanol–water partition coefficient (Wildman–Crippen LogP) is 2.07. The Balaban J connectivity index is 2.40. The van der Waals surface area contributed by atoms with Crippen LogP contribution in [0.4, 0.5) is 0 Å². The van der Waals surface area contributed by atoms with Crippen molar-refractivity contribution in [1.82, 2.24) is 0 Å². The van der Waals surface area contributed by atoms with Crippen LogP contribution in [0.1, 0.15) is 12.5 Å². The van der Waals surface area contributed by atoms with Gasteiger partial charge in [-0.2, -0.15) is 0 Å². The second kappa shape index (κ2) is 5.60. The quantitative estimate of drug-likeness (QED) is 0.644. The van der Waals surface area contributed by atoms with E-state index >= 15 is 0 Å². The summed E-state index contributed by atoms with van der Waals surface area (Å²) in [5, 5.41) is 0. The summed E-state index contributed by atoms with van der Waals surface area (Å²) in [5.41, 5.74) is 1.21. The number of rotatable bonds is 5. The fraction of sp³-hybridized carbons (Fsp3) is 0.455. The fourth-order valence-corrected chi connectivity index (χ4v) is 0.995. The first-order valence-corrected chi connectivity index (χ1v) is 4.49. The molecule has 0 heterocycles. The van der Waals surface area contributed by atoms with Crippen LogP contribution >= 0.6 is 0 Å². The minimum Gasteiger partial charge on any atom is -0.491 e. The zero-order valence-corrected chi connectivity index (χ0v) is 8.17. The van der Waals surface area contributed by atoms with Crippen molar-refractivity contribution in [2.75, 3.05) is 20.3 Å². The molecule has 0 aromatic heterocycles. The maximum atomic E-state index is 5.39. The molecule has 2 heteroatoms. The average molecular weight is 179 g/mol. The summed E-state index contributed by atoms with van der Waals surface area (Å²) in [4.78, 5) is 0. The van der Waals surface area contributed by atoms with E-state index in [4.69, 9.17) is 9.47 Å². The molecule has 1 rings (SSSR count). The number of hydrogen-bond acceptors (Lipinski definition) is 2. The molecule has 2 nitrogen and oxygen atoms in total. The lowest BCUT2D eigenvalue weighted by Gasteiger charge is -2.05. The summed E-state index contributed by atoms with van der Waals surface area (Å²) in [5.74, 6) is 0.856. The standard InChI is InChI=1S/C11H15O2/c1-3-10-4-6-11(7-5-10)13-9-8-12-2/h4,6-7H,3,8-9H2,1-2H3. The zero-order chi connectivity index (χ0) is 9.52. The largest absolute Gasteiger partial charge is 0.491 e. The van der Waals surface area contributed by atoms with Gasteiger partial charge in [-0.3, -0.25) is 0 Å². The van der Waals surface area contributed by atoms with Gasteiger partial charge in [-0.15, -0.1) is 0 Å². The summed E-state index contributed by atoms with van der Waals surface area (Å²) < 4.78 is 10.3. The van der Waals surface area contributed by atoms with E-state index in [0.717, 1.165) is 12.2 Å². The number of ether oxygens (including phenoxy) is 2. The van der Waals surface area contributed by atoms with Crippen molar-refractivity contribution in [2.24, 2.45) is 0 Å². The van der Waals surface area contributed by atoms with Crippen LogP contribution in [-0.4, -0.2) is 20.3 Å². The molecule has 0 aliphatic carbocycles. The maximum absolute atomic E-state index is 5.39. The first-order chi connectivity index (χ1) is 6.36. The van der Waals surface area contributed by atoms with Crippen LogP contribution in [0.2, 0.25) is 0 Å². The van der Waals surface area contributed by atoms with Crippen molar-refractivity contribution in [2.45, 2.75) is 13.3 Å². The van der Waals surface area contributed by atoms with Gasteiger partial charge >= 0.3 is 0 Å². The number of methoxy groups -OCH3 is 1. The molecule has 0 bridgehead atoms. The maximum Gasteiger partial charge on any atom is 0.120 e. The Morgan fingerprint density at radius 2 is 2.15 bits per heavy atom. The molecule has 1 aromatic carbocycles. The third-order valence-electron chi connectivity index (χ3n) is 1.79. The van der Waals surface area contributed by atoms with Crippen molar-refractivity contribution in [3.05, 3.63) is 29.8 Å². The van der Waals surface area contributed by atoms with E-state index in [-0.39, 0.29) is 0 Å². The minimum absolute atomic E-state index is 0.593. The molecule has 0 fully saturated rings. The Morgan fingerprint density at radius 1 is 1.31 bits per heavy atom. The van der Waals surface area contributed by atoms with Crippen LogP contribution in [0.25, 0.3) is 0 Å². The van der Waals surface area contributed by atoms with Crippen molar-refractivity contribution in [1.29, 1.82) is 0 Å². The molecule has 0 saturated carbocycles. The number of aryl methyl sites for hydroxylation is 1. The van der Waals surface area contributed by atoms with Crippen molar-refractivity contribution >= 4 is 0 Å². The van der Waals surface area contributed by atoms with Gasteiger partial charge in [-0.1, -0.05) is 13.0 Å². The van der Waals surface area contributed by atoms with Crippen molar-refractivity contribution in [3.63, 3.8) is 0 Å². The second-order valence-corrected chi connectivity index (χ2v) is 2.74. The van der Waals surface area contributed by atoms with Gasteiger partial charge in [0.15, 0.2) is 0 Å². The normalized spacial score (nSPS) is 10.0. The number of hydrogen-bond donors (Lipinski definition) is 0. The predicted molar refractivity (Wildman–Crippen MR) is 52.0 cm³/mol. The molecule has 0 spiro atoms. The fourth-order valence-electron chi connectivity index (χ4n) is 0.995. The summed E-state index contributed by atoms with van der Waals surface area (Å²) in [6.45, 7) is 3.32. The van der Waals surface area contributed by atoms with E-state index in [1.165, 1.54) is 5.56 Å². The average Bonchev–Trinajstić information content (AvgIpc) is 2.19. The number of benzene rings is 1. The van der Waals surface area contributed by atoms with E-state index < -0.39 is 0 Å². The summed E-state index contributed by atoms with van der Waals surface area (Å²) in [6.07, 6.45) is 1.01. The van der Waals surface area contributed by atoms with Gasteiger partial charge in [0.05, 0.1) is 6.61 Å². The monoisotopic (exact) mass is 179 g/mol. The van der Waals surface area contributed by atoms with Crippen LogP contribution in [0.15, 0.2) is 18.2 Å². The second-order valence-electron chi connectivity index (χ2n) is 2.74. The van der Waals surface area contributed by atoms with Gasteiger partial charge < -0.3 is 9.47 Å². The molecule has 0 atom stereocenters. The van der Waals surface area contributed by atoms with Crippen LogP contribution < -0.4 is 4.74 Å². The van der Waals surface area contributed by atoms with E-state index in [9.17, 15) is 0 Å². The molecule has 13 heavy (non-hydrogen) atoms. The van der Waals surface area contributed by atoms with Gasteiger partial charge in [-0.05, 0) is 30.2 Å². The SMILES string of the molecule is CCc1[c]cc(OCCOC)cc1. The molecule has 71 valence electrons. The molecule has 0 N–H and O–H groups in total. The summed E-state index contributed by atoms with van der Waals surface area (Å²) in [7, 11) is 1.66. The van der Waals surface area contributed by atoms with Crippen LogP contribution in [0.3, 0.4) is 0 Å². The smallest absolute Gasteiger partial charge is 0.120 e.